The van der Waals surface area contributed by atoms with E-state index in [2.05, 4.69) is 10.6 Å². The lowest BCUT2D eigenvalue weighted by Crippen LogP contribution is -2.50. The molecule has 3 atom stereocenters. The summed E-state index contributed by atoms with van der Waals surface area (Å²) in [6.07, 6.45) is 2.02. The molecule has 20 heavy (non-hydrogen) atoms. The van der Waals surface area contributed by atoms with Gasteiger partial charge in [0.15, 0.2) is 0 Å². The van der Waals surface area contributed by atoms with Crippen LogP contribution in [0.4, 0.5) is 0 Å². The van der Waals surface area contributed by atoms with Crippen LogP contribution < -0.4 is 10.6 Å². The molecule has 2 aliphatic rings. The molecule has 1 heterocycles. The molecule has 0 bridgehead atoms. The molecule has 1 saturated heterocycles. The van der Waals surface area contributed by atoms with Crippen molar-refractivity contribution in [1.29, 1.82) is 0 Å². The monoisotopic (exact) mass is 274 g/mol. The minimum atomic E-state index is -0.517. The molecule has 0 radical (unpaired) electrons. The Labute approximate surface area is 119 Å². The molecule has 0 saturated carbocycles. The zero-order valence-electron chi connectivity index (χ0n) is 11.9. The van der Waals surface area contributed by atoms with Crippen LogP contribution in [0.5, 0.6) is 0 Å². The lowest BCUT2D eigenvalue weighted by Gasteiger charge is -2.34. The number of amides is 1. The van der Waals surface area contributed by atoms with Crippen LogP contribution in [0.1, 0.15) is 36.9 Å². The number of hydrogen-bond acceptors (Lipinski definition) is 3. The second-order valence-electron chi connectivity index (χ2n) is 6.26. The standard InChI is InChI=1S/C16H22N2O2/c1-16(7-4-8-17-10-16)15(20)18-14-12-6-3-2-5-11(12)9-13(14)19/h2-3,5-6,13-14,17,19H,4,7-10H2,1H3,(H,18,20)/t13-,14+,16?/m0/s1. The van der Waals surface area contributed by atoms with Gasteiger partial charge in [0, 0.05) is 13.0 Å². The van der Waals surface area contributed by atoms with E-state index in [0.717, 1.165) is 30.5 Å². The van der Waals surface area contributed by atoms with Crippen LogP contribution in [0.25, 0.3) is 0 Å². The van der Waals surface area contributed by atoms with Gasteiger partial charge < -0.3 is 15.7 Å². The number of carbonyl (C=O) groups is 1. The van der Waals surface area contributed by atoms with Gasteiger partial charge in [-0.05, 0) is 37.4 Å². The minimum absolute atomic E-state index is 0.0467. The van der Waals surface area contributed by atoms with Gasteiger partial charge in [-0.3, -0.25) is 4.79 Å². The number of carbonyl (C=O) groups excluding carboxylic acids is 1. The molecule has 0 spiro atoms. The van der Waals surface area contributed by atoms with Crippen molar-refractivity contribution in [3.05, 3.63) is 35.4 Å². The van der Waals surface area contributed by atoms with Crippen LogP contribution >= 0.6 is 0 Å². The molecule has 1 aliphatic carbocycles. The van der Waals surface area contributed by atoms with Crippen LogP contribution in [0, 0.1) is 5.41 Å². The van der Waals surface area contributed by atoms with Crippen molar-refractivity contribution in [2.24, 2.45) is 5.41 Å². The first-order chi connectivity index (χ1) is 9.60. The third-order valence-electron chi connectivity index (χ3n) is 4.64. The third-order valence-corrected chi connectivity index (χ3v) is 4.64. The van der Waals surface area contributed by atoms with E-state index in [1.165, 1.54) is 0 Å². The number of rotatable bonds is 2. The molecule has 3 N–H and O–H groups in total. The molecule has 1 aromatic rings. The van der Waals surface area contributed by atoms with Crippen LogP contribution in [0.15, 0.2) is 24.3 Å². The maximum atomic E-state index is 12.6. The predicted molar refractivity (Wildman–Crippen MR) is 77.2 cm³/mol. The molecule has 0 aromatic heterocycles. The van der Waals surface area contributed by atoms with Crippen molar-refractivity contribution < 1.29 is 9.90 Å². The average Bonchev–Trinajstić information content (AvgIpc) is 2.76. The fraction of sp³-hybridized carbons (Fsp3) is 0.562. The van der Waals surface area contributed by atoms with Gasteiger partial charge in [0.2, 0.25) is 5.91 Å². The maximum absolute atomic E-state index is 12.6. The summed E-state index contributed by atoms with van der Waals surface area (Å²) < 4.78 is 0. The van der Waals surface area contributed by atoms with Crippen molar-refractivity contribution >= 4 is 5.91 Å². The largest absolute Gasteiger partial charge is 0.390 e. The molecule has 4 nitrogen and oxygen atoms in total. The SMILES string of the molecule is CC1(C(=O)N[C@@H]2c3ccccc3C[C@@H]2O)CCCNC1. The highest BCUT2D eigenvalue weighted by atomic mass is 16.3. The topological polar surface area (TPSA) is 61.4 Å². The van der Waals surface area contributed by atoms with Crippen LogP contribution in [-0.4, -0.2) is 30.2 Å². The zero-order chi connectivity index (χ0) is 14.2. The lowest BCUT2D eigenvalue weighted by molar-refractivity contribution is -0.132. The van der Waals surface area contributed by atoms with Crippen LogP contribution in [-0.2, 0) is 11.2 Å². The summed E-state index contributed by atoms with van der Waals surface area (Å²) in [5.41, 5.74) is 1.83. The van der Waals surface area contributed by atoms with E-state index in [4.69, 9.17) is 0 Å². The first kappa shape index (κ1) is 13.6. The quantitative estimate of drug-likeness (QED) is 0.758. The number of aliphatic hydroxyl groups excluding tert-OH is 1. The molecule has 1 amide bonds. The number of hydrogen-bond donors (Lipinski definition) is 3. The van der Waals surface area contributed by atoms with Gasteiger partial charge in [-0.15, -0.1) is 0 Å². The fourth-order valence-electron chi connectivity index (χ4n) is 3.31. The van der Waals surface area contributed by atoms with Gasteiger partial charge >= 0.3 is 0 Å². The summed E-state index contributed by atoms with van der Waals surface area (Å²) >= 11 is 0. The van der Waals surface area contributed by atoms with Crippen molar-refractivity contribution in [3.8, 4) is 0 Å². The molecular formula is C16H22N2O2. The van der Waals surface area contributed by atoms with Gasteiger partial charge in [0.25, 0.3) is 0 Å². The van der Waals surface area contributed by atoms with E-state index in [9.17, 15) is 9.90 Å². The smallest absolute Gasteiger partial charge is 0.227 e. The summed E-state index contributed by atoms with van der Waals surface area (Å²) in [4.78, 5) is 12.6. The normalized spacial score (nSPS) is 32.7. The van der Waals surface area contributed by atoms with Crippen molar-refractivity contribution in [2.75, 3.05) is 13.1 Å². The first-order valence-corrected chi connectivity index (χ1v) is 7.38. The Hall–Kier alpha value is -1.39. The van der Waals surface area contributed by atoms with E-state index in [-0.39, 0.29) is 17.4 Å². The number of fused-ring (bicyclic) bond motifs is 1. The van der Waals surface area contributed by atoms with Gasteiger partial charge in [0.05, 0.1) is 17.6 Å². The number of nitrogens with one attached hydrogen (secondary N) is 2. The minimum Gasteiger partial charge on any atom is -0.390 e. The summed E-state index contributed by atoms with van der Waals surface area (Å²) in [7, 11) is 0. The van der Waals surface area contributed by atoms with Crippen molar-refractivity contribution in [3.63, 3.8) is 0 Å². The Morgan fingerprint density at radius 1 is 1.45 bits per heavy atom. The van der Waals surface area contributed by atoms with E-state index >= 15 is 0 Å². The van der Waals surface area contributed by atoms with Gasteiger partial charge in [-0.25, -0.2) is 0 Å². The Kier molecular flexibility index (Phi) is 3.52. The summed E-state index contributed by atoms with van der Waals surface area (Å²) in [6, 6.07) is 7.69. The first-order valence-electron chi connectivity index (χ1n) is 7.38. The van der Waals surface area contributed by atoms with Crippen LogP contribution in [0.3, 0.4) is 0 Å². The van der Waals surface area contributed by atoms with Crippen molar-refractivity contribution in [1.82, 2.24) is 10.6 Å². The Morgan fingerprint density at radius 3 is 3.00 bits per heavy atom. The molecule has 4 heteroatoms. The molecule has 1 aliphatic heterocycles. The third kappa shape index (κ3) is 2.34. The fourth-order valence-corrected chi connectivity index (χ4v) is 3.31. The van der Waals surface area contributed by atoms with Gasteiger partial charge in [-0.2, -0.15) is 0 Å². The van der Waals surface area contributed by atoms with Crippen LogP contribution in [0.2, 0.25) is 0 Å². The molecule has 1 aromatic carbocycles. The van der Waals surface area contributed by atoms with Gasteiger partial charge in [-0.1, -0.05) is 24.3 Å². The molecule has 108 valence electrons. The highest BCUT2D eigenvalue weighted by Crippen LogP contribution is 2.33. The maximum Gasteiger partial charge on any atom is 0.227 e. The number of piperidine rings is 1. The van der Waals surface area contributed by atoms with E-state index in [0.29, 0.717) is 13.0 Å². The Balaban J connectivity index is 1.76. The molecule has 3 rings (SSSR count). The van der Waals surface area contributed by atoms with Crippen molar-refractivity contribution in [2.45, 2.75) is 38.3 Å². The summed E-state index contributed by atoms with van der Waals surface area (Å²) in [5.74, 6) is 0.0467. The Bertz CT molecular complexity index is 509. The number of benzene rings is 1. The van der Waals surface area contributed by atoms with E-state index in [1.54, 1.807) is 0 Å². The Morgan fingerprint density at radius 2 is 2.25 bits per heavy atom. The molecular weight excluding hydrogens is 252 g/mol. The average molecular weight is 274 g/mol. The number of aliphatic hydroxyl groups is 1. The van der Waals surface area contributed by atoms with E-state index in [1.807, 2.05) is 31.2 Å². The second-order valence-corrected chi connectivity index (χ2v) is 6.26. The molecule has 1 unspecified atom stereocenters. The highest BCUT2D eigenvalue weighted by Gasteiger charge is 2.39. The summed E-state index contributed by atoms with van der Waals surface area (Å²) in [6.45, 7) is 3.70. The zero-order valence-corrected chi connectivity index (χ0v) is 11.9. The highest BCUT2D eigenvalue weighted by molar-refractivity contribution is 5.83. The second kappa shape index (κ2) is 5.19. The summed E-state index contributed by atoms with van der Waals surface area (Å²) in [5, 5.41) is 16.6. The lowest BCUT2D eigenvalue weighted by atomic mass is 9.81. The predicted octanol–water partition coefficient (Wildman–Crippen LogP) is 1.15. The molecule has 1 fully saturated rings. The van der Waals surface area contributed by atoms with E-state index < -0.39 is 6.10 Å². The van der Waals surface area contributed by atoms with Gasteiger partial charge in [0.1, 0.15) is 0 Å².